The molecule has 10 nitrogen and oxygen atoms in total. The van der Waals surface area contributed by atoms with Crippen LogP contribution in [-0.4, -0.2) is 110 Å². The summed E-state index contributed by atoms with van der Waals surface area (Å²) >= 11 is 0. The molecule has 2 amide bonds. The highest BCUT2D eigenvalue weighted by atomic mass is 19.1. The number of ether oxygens (including phenoxy) is 2. The van der Waals surface area contributed by atoms with Gasteiger partial charge in [0.2, 0.25) is 5.91 Å². The predicted molar refractivity (Wildman–Crippen MR) is 159 cm³/mol. The summed E-state index contributed by atoms with van der Waals surface area (Å²) < 4.78 is 24.2. The second-order valence-corrected chi connectivity index (χ2v) is 9.97. The molecule has 224 valence electrons. The molecule has 4 rings (SSSR count). The van der Waals surface area contributed by atoms with E-state index in [9.17, 15) is 14.0 Å². The Labute approximate surface area is 246 Å². The number of carbonyl (C=O) groups is 2. The number of methoxy groups -OCH3 is 2. The highest BCUT2D eigenvalue weighted by Gasteiger charge is 2.26. The van der Waals surface area contributed by atoms with Gasteiger partial charge in [0.15, 0.2) is 5.82 Å². The SMILES string of the molecule is CCN(CC)CCN(CC(=O)N1CCN(c2ccc(-c3ccc(OC)cc3OC)nn2)CC1)C(=O)c1ccc(F)cc1. The van der Waals surface area contributed by atoms with E-state index in [4.69, 9.17) is 9.47 Å². The molecule has 1 saturated heterocycles. The summed E-state index contributed by atoms with van der Waals surface area (Å²) in [6.45, 7) is 9.05. The van der Waals surface area contributed by atoms with E-state index in [1.54, 1.807) is 30.1 Å². The smallest absolute Gasteiger partial charge is 0.254 e. The van der Waals surface area contributed by atoms with Gasteiger partial charge in [-0.1, -0.05) is 13.8 Å². The van der Waals surface area contributed by atoms with Gasteiger partial charge in [-0.25, -0.2) is 4.39 Å². The first-order valence-electron chi connectivity index (χ1n) is 14.2. The van der Waals surface area contributed by atoms with Crippen molar-refractivity contribution in [3.63, 3.8) is 0 Å². The summed E-state index contributed by atoms with van der Waals surface area (Å²) in [5.41, 5.74) is 1.86. The van der Waals surface area contributed by atoms with Crippen LogP contribution < -0.4 is 14.4 Å². The number of anilines is 1. The molecule has 1 aromatic heterocycles. The van der Waals surface area contributed by atoms with Crippen LogP contribution in [0.2, 0.25) is 0 Å². The lowest BCUT2D eigenvalue weighted by Gasteiger charge is -2.36. The Kier molecular flexibility index (Phi) is 10.7. The number of benzene rings is 2. The molecule has 0 atom stereocenters. The number of rotatable bonds is 12. The minimum Gasteiger partial charge on any atom is -0.497 e. The Morgan fingerprint density at radius 1 is 0.881 bits per heavy atom. The highest BCUT2D eigenvalue weighted by molar-refractivity contribution is 5.96. The molecule has 0 unspecified atom stereocenters. The van der Waals surface area contributed by atoms with Crippen LogP contribution in [0.25, 0.3) is 11.3 Å². The second kappa shape index (κ2) is 14.6. The summed E-state index contributed by atoms with van der Waals surface area (Å²) in [5.74, 6) is 1.27. The van der Waals surface area contributed by atoms with Crippen LogP contribution in [0.1, 0.15) is 24.2 Å². The topological polar surface area (TPSA) is 91.3 Å². The van der Waals surface area contributed by atoms with E-state index in [2.05, 4.69) is 33.8 Å². The Morgan fingerprint density at radius 3 is 2.19 bits per heavy atom. The molecule has 0 spiro atoms. The molecular weight excluding hydrogens is 539 g/mol. The van der Waals surface area contributed by atoms with E-state index >= 15 is 0 Å². The minimum atomic E-state index is -0.407. The molecule has 0 radical (unpaired) electrons. The van der Waals surface area contributed by atoms with Crippen molar-refractivity contribution >= 4 is 17.6 Å². The highest BCUT2D eigenvalue weighted by Crippen LogP contribution is 2.32. The molecule has 0 bridgehead atoms. The van der Waals surface area contributed by atoms with Crippen molar-refractivity contribution in [3.05, 3.63) is 66.0 Å². The van der Waals surface area contributed by atoms with Gasteiger partial charge in [0.05, 0.1) is 19.9 Å². The fraction of sp³-hybridized carbons (Fsp3) is 0.419. The van der Waals surface area contributed by atoms with Crippen LogP contribution in [0.5, 0.6) is 11.5 Å². The monoisotopic (exact) mass is 578 g/mol. The molecule has 1 fully saturated rings. The van der Waals surface area contributed by atoms with E-state index in [0.29, 0.717) is 62.0 Å². The van der Waals surface area contributed by atoms with E-state index in [-0.39, 0.29) is 18.4 Å². The summed E-state index contributed by atoms with van der Waals surface area (Å²) in [4.78, 5) is 34.2. The lowest BCUT2D eigenvalue weighted by molar-refractivity contribution is -0.132. The maximum atomic E-state index is 13.4. The van der Waals surface area contributed by atoms with Crippen molar-refractivity contribution in [1.29, 1.82) is 0 Å². The maximum absolute atomic E-state index is 13.4. The maximum Gasteiger partial charge on any atom is 0.254 e. The number of nitrogens with zero attached hydrogens (tertiary/aromatic N) is 6. The zero-order valence-electron chi connectivity index (χ0n) is 24.8. The molecule has 0 N–H and O–H groups in total. The third kappa shape index (κ3) is 7.52. The Hall–Kier alpha value is -4.25. The van der Waals surface area contributed by atoms with Crippen molar-refractivity contribution in [2.45, 2.75) is 13.8 Å². The Morgan fingerprint density at radius 2 is 1.60 bits per heavy atom. The zero-order valence-corrected chi connectivity index (χ0v) is 24.8. The fourth-order valence-corrected chi connectivity index (χ4v) is 4.93. The summed E-state index contributed by atoms with van der Waals surface area (Å²) in [6.07, 6.45) is 0. The lowest BCUT2D eigenvalue weighted by atomic mass is 10.1. The summed E-state index contributed by atoms with van der Waals surface area (Å²) in [7, 11) is 3.21. The number of hydrogen-bond donors (Lipinski definition) is 0. The average Bonchev–Trinajstić information content (AvgIpc) is 3.04. The second-order valence-electron chi connectivity index (χ2n) is 9.97. The largest absolute Gasteiger partial charge is 0.497 e. The molecule has 0 saturated carbocycles. The van der Waals surface area contributed by atoms with Gasteiger partial charge in [-0.2, -0.15) is 0 Å². The Balaban J connectivity index is 1.37. The number of amides is 2. The first-order chi connectivity index (χ1) is 20.4. The molecule has 3 aromatic rings. The van der Waals surface area contributed by atoms with E-state index in [1.165, 1.54) is 24.3 Å². The van der Waals surface area contributed by atoms with Gasteiger partial charge >= 0.3 is 0 Å². The van der Waals surface area contributed by atoms with Crippen LogP contribution in [0.3, 0.4) is 0 Å². The lowest BCUT2D eigenvalue weighted by Crippen LogP contribution is -2.52. The molecule has 2 heterocycles. The predicted octanol–water partition coefficient (Wildman–Crippen LogP) is 3.43. The number of halogens is 1. The van der Waals surface area contributed by atoms with E-state index in [1.807, 2.05) is 24.3 Å². The van der Waals surface area contributed by atoms with Gasteiger partial charge < -0.3 is 29.1 Å². The molecular formula is C31H39FN6O4. The number of likely N-dealkylation sites (N-methyl/N-ethyl adjacent to an activating group) is 1. The van der Waals surface area contributed by atoms with Crippen molar-refractivity contribution in [2.75, 3.05) is 78.0 Å². The Bertz CT molecular complexity index is 1330. The van der Waals surface area contributed by atoms with Crippen molar-refractivity contribution < 1.29 is 23.5 Å². The van der Waals surface area contributed by atoms with Gasteiger partial charge in [-0.15, -0.1) is 10.2 Å². The third-order valence-corrected chi connectivity index (χ3v) is 7.58. The van der Waals surface area contributed by atoms with Crippen LogP contribution >= 0.6 is 0 Å². The van der Waals surface area contributed by atoms with Crippen molar-refractivity contribution in [3.8, 4) is 22.8 Å². The van der Waals surface area contributed by atoms with Gasteiger partial charge in [-0.3, -0.25) is 9.59 Å². The molecule has 1 aliphatic heterocycles. The number of carbonyl (C=O) groups excluding carboxylic acids is 2. The van der Waals surface area contributed by atoms with Crippen LogP contribution in [0.4, 0.5) is 10.2 Å². The van der Waals surface area contributed by atoms with Crippen LogP contribution in [0, 0.1) is 5.82 Å². The van der Waals surface area contributed by atoms with Gasteiger partial charge in [0, 0.05) is 56.5 Å². The molecule has 0 aliphatic carbocycles. The van der Waals surface area contributed by atoms with Crippen LogP contribution in [0.15, 0.2) is 54.6 Å². The van der Waals surface area contributed by atoms with Gasteiger partial charge in [0.1, 0.15) is 23.9 Å². The zero-order chi connectivity index (χ0) is 30.1. The first kappa shape index (κ1) is 30.7. The van der Waals surface area contributed by atoms with Crippen molar-refractivity contribution in [2.24, 2.45) is 0 Å². The van der Waals surface area contributed by atoms with Gasteiger partial charge in [-0.05, 0) is 61.6 Å². The molecule has 42 heavy (non-hydrogen) atoms. The molecule has 2 aromatic carbocycles. The van der Waals surface area contributed by atoms with Crippen LogP contribution in [-0.2, 0) is 4.79 Å². The van der Waals surface area contributed by atoms with E-state index in [0.717, 1.165) is 24.5 Å². The standard InChI is InChI=1S/C31H39FN6O4/c1-5-35(6-2)15-16-38(31(40)23-7-9-24(32)10-8-23)22-30(39)37-19-17-36(18-20-37)29-14-13-27(33-34-29)26-12-11-25(41-3)21-28(26)42-4/h7-14,21H,5-6,15-20,22H2,1-4H3. The first-order valence-corrected chi connectivity index (χ1v) is 14.2. The minimum absolute atomic E-state index is 0.0321. The number of aromatic nitrogens is 2. The summed E-state index contributed by atoms with van der Waals surface area (Å²) in [5, 5.41) is 8.86. The van der Waals surface area contributed by atoms with E-state index < -0.39 is 5.82 Å². The summed E-state index contributed by atoms with van der Waals surface area (Å²) in [6, 6.07) is 14.8. The fourth-order valence-electron chi connectivity index (χ4n) is 4.93. The quantitative estimate of drug-likeness (QED) is 0.323. The molecule has 11 heteroatoms. The van der Waals surface area contributed by atoms with Gasteiger partial charge in [0.25, 0.3) is 5.91 Å². The third-order valence-electron chi connectivity index (χ3n) is 7.58. The molecule has 1 aliphatic rings. The number of hydrogen-bond acceptors (Lipinski definition) is 8. The normalized spacial score (nSPS) is 13.3. The van der Waals surface area contributed by atoms with Crippen molar-refractivity contribution in [1.82, 2.24) is 24.9 Å². The average molecular weight is 579 g/mol. The number of piperazine rings is 1.